The van der Waals surface area contributed by atoms with Gasteiger partial charge in [-0.05, 0) is 17.7 Å². The molecule has 4 aromatic rings. The SMILES string of the molecule is COCCn1cnc2c(-c3ccccc3)cn(CC(=O)Nc3ccc(OC)c(OC)c3)c2c1=O. The van der Waals surface area contributed by atoms with Gasteiger partial charge in [0.25, 0.3) is 5.56 Å². The lowest BCUT2D eigenvalue weighted by Crippen LogP contribution is -2.26. The van der Waals surface area contributed by atoms with E-state index in [9.17, 15) is 9.59 Å². The topological polar surface area (TPSA) is 96.6 Å². The number of methoxy groups -OCH3 is 3. The summed E-state index contributed by atoms with van der Waals surface area (Å²) in [6, 6.07) is 14.8. The van der Waals surface area contributed by atoms with Crippen molar-refractivity contribution < 1.29 is 19.0 Å². The van der Waals surface area contributed by atoms with Crippen LogP contribution in [-0.2, 0) is 22.6 Å². The number of benzene rings is 2. The molecule has 0 radical (unpaired) electrons. The van der Waals surface area contributed by atoms with Crippen molar-refractivity contribution in [3.8, 4) is 22.6 Å². The number of carbonyl (C=O) groups is 1. The summed E-state index contributed by atoms with van der Waals surface area (Å²) in [4.78, 5) is 30.8. The second-order valence-corrected chi connectivity index (χ2v) is 7.59. The van der Waals surface area contributed by atoms with Gasteiger partial charge in [-0.2, -0.15) is 0 Å². The molecule has 0 spiro atoms. The number of hydrogen-bond acceptors (Lipinski definition) is 6. The van der Waals surface area contributed by atoms with Crippen molar-refractivity contribution in [1.29, 1.82) is 0 Å². The normalized spacial score (nSPS) is 10.9. The Balaban J connectivity index is 1.71. The van der Waals surface area contributed by atoms with Gasteiger partial charge in [0.05, 0.1) is 33.7 Å². The molecule has 9 heteroatoms. The first-order valence-corrected chi connectivity index (χ1v) is 10.7. The molecule has 2 aromatic heterocycles. The van der Waals surface area contributed by atoms with E-state index in [2.05, 4.69) is 10.3 Å². The molecular weight excluding hydrogens is 436 g/mol. The van der Waals surface area contributed by atoms with E-state index in [1.54, 1.807) is 43.2 Å². The highest BCUT2D eigenvalue weighted by Gasteiger charge is 2.18. The molecule has 176 valence electrons. The summed E-state index contributed by atoms with van der Waals surface area (Å²) < 4.78 is 18.8. The van der Waals surface area contributed by atoms with Crippen molar-refractivity contribution in [3.63, 3.8) is 0 Å². The average molecular weight is 463 g/mol. The predicted molar refractivity (Wildman–Crippen MR) is 129 cm³/mol. The molecule has 2 aromatic carbocycles. The Morgan fingerprint density at radius 3 is 2.47 bits per heavy atom. The third kappa shape index (κ3) is 4.65. The van der Waals surface area contributed by atoms with E-state index >= 15 is 0 Å². The number of hydrogen-bond donors (Lipinski definition) is 1. The monoisotopic (exact) mass is 462 g/mol. The number of carbonyl (C=O) groups excluding carboxylic acids is 1. The molecule has 0 fully saturated rings. The Morgan fingerprint density at radius 1 is 1.00 bits per heavy atom. The van der Waals surface area contributed by atoms with Gasteiger partial charge in [-0.25, -0.2) is 4.98 Å². The van der Waals surface area contributed by atoms with Gasteiger partial charge in [0.15, 0.2) is 11.5 Å². The van der Waals surface area contributed by atoms with Crippen LogP contribution in [0.3, 0.4) is 0 Å². The lowest BCUT2D eigenvalue weighted by Gasteiger charge is -2.11. The maximum Gasteiger partial charge on any atom is 0.277 e. The lowest BCUT2D eigenvalue weighted by atomic mass is 10.1. The predicted octanol–water partition coefficient (Wildman–Crippen LogP) is 3.17. The molecule has 0 aliphatic rings. The largest absolute Gasteiger partial charge is 0.493 e. The van der Waals surface area contributed by atoms with Crippen molar-refractivity contribution >= 4 is 22.6 Å². The molecule has 0 bridgehead atoms. The second kappa shape index (κ2) is 10.2. The van der Waals surface area contributed by atoms with E-state index in [-0.39, 0.29) is 18.0 Å². The fourth-order valence-corrected chi connectivity index (χ4v) is 3.79. The van der Waals surface area contributed by atoms with Gasteiger partial charge >= 0.3 is 0 Å². The summed E-state index contributed by atoms with van der Waals surface area (Å²) in [7, 11) is 4.65. The maximum atomic E-state index is 13.3. The standard InChI is InChI=1S/C25H26N4O5/c1-32-12-11-28-16-26-23-19(17-7-5-4-6-8-17)14-29(24(23)25(28)31)15-22(30)27-18-9-10-20(33-2)21(13-18)34-3/h4-10,13-14,16H,11-12,15H2,1-3H3,(H,27,30). The van der Waals surface area contributed by atoms with E-state index in [4.69, 9.17) is 14.2 Å². The Morgan fingerprint density at radius 2 is 1.76 bits per heavy atom. The highest BCUT2D eigenvalue weighted by Crippen LogP contribution is 2.30. The van der Waals surface area contributed by atoms with Crippen LogP contribution in [0.2, 0.25) is 0 Å². The van der Waals surface area contributed by atoms with Crippen molar-refractivity contribution in [2.75, 3.05) is 33.3 Å². The van der Waals surface area contributed by atoms with Gasteiger partial charge in [-0.1, -0.05) is 30.3 Å². The smallest absolute Gasteiger partial charge is 0.277 e. The molecule has 0 aliphatic heterocycles. The van der Waals surface area contributed by atoms with Gasteiger partial charge < -0.3 is 24.1 Å². The van der Waals surface area contributed by atoms with E-state index < -0.39 is 0 Å². The third-order valence-corrected chi connectivity index (χ3v) is 5.44. The summed E-state index contributed by atoms with van der Waals surface area (Å²) in [6.07, 6.45) is 3.31. The number of nitrogens with one attached hydrogen (secondary N) is 1. The van der Waals surface area contributed by atoms with Gasteiger partial charge in [-0.3, -0.25) is 14.2 Å². The molecule has 0 unspecified atom stereocenters. The van der Waals surface area contributed by atoms with Crippen LogP contribution in [0.5, 0.6) is 11.5 Å². The number of nitrogens with zero attached hydrogens (tertiary/aromatic N) is 3. The van der Waals surface area contributed by atoms with Crippen LogP contribution >= 0.6 is 0 Å². The van der Waals surface area contributed by atoms with Crippen LogP contribution in [0.4, 0.5) is 5.69 Å². The van der Waals surface area contributed by atoms with Crippen LogP contribution in [-0.4, -0.2) is 48.0 Å². The van der Waals surface area contributed by atoms with E-state index in [0.717, 1.165) is 11.1 Å². The fourth-order valence-electron chi connectivity index (χ4n) is 3.79. The summed E-state index contributed by atoms with van der Waals surface area (Å²) in [5.74, 6) is 0.769. The maximum absolute atomic E-state index is 13.3. The number of ether oxygens (including phenoxy) is 3. The first-order chi connectivity index (χ1) is 16.5. The Hall–Kier alpha value is -4.11. The molecule has 0 saturated heterocycles. The number of amides is 1. The van der Waals surface area contributed by atoms with Crippen molar-refractivity contribution in [3.05, 3.63) is 71.4 Å². The number of anilines is 1. The zero-order chi connectivity index (χ0) is 24.1. The highest BCUT2D eigenvalue weighted by molar-refractivity contribution is 5.95. The summed E-state index contributed by atoms with van der Waals surface area (Å²) in [6.45, 7) is 0.671. The van der Waals surface area contributed by atoms with Crippen LogP contribution in [0.1, 0.15) is 0 Å². The third-order valence-electron chi connectivity index (χ3n) is 5.44. The zero-order valence-corrected chi connectivity index (χ0v) is 19.3. The minimum atomic E-state index is -0.296. The van der Waals surface area contributed by atoms with Crippen LogP contribution in [0.25, 0.3) is 22.2 Å². The Labute approximate surface area is 196 Å². The molecule has 1 N–H and O–H groups in total. The minimum absolute atomic E-state index is 0.0666. The summed E-state index contributed by atoms with van der Waals surface area (Å²) in [5.41, 5.74) is 2.92. The van der Waals surface area contributed by atoms with E-state index in [1.165, 1.54) is 18.0 Å². The second-order valence-electron chi connectivity index (χ2n) is 7.59. The zero-order valence-electron chi connectivity index (χ0n) is 19.3. The summed E-state index contributed by atoms with van der Waals surface area (Å²) in [5, 5.41) is 2.85. The molecule has 0 atom stereocenters. The van der Waals surface area contributed by atoms with Crippen molar-refractivity contribution in [2.45, 2.75) is 13.1 Å². The number of fused-ring (bicyclic) bond motifs is 1. The quantitative estimate of drug-likeness (QED) is 0.410. The first-order valence-electron chi connectivity index (χ1n) is 10.7. The van der Waals surface area contributed by atoms with Gasteiger partial charge in [0, 0.05) is 30.6 Å². The van der Waals surface area contributed by atoms with Gasteiger partial charge in [0.2, 0.25) is 5.91 Å². The molecule has 0 aliphatic carbocycles. The fraction of sp³-hybridized carbons (Fsp3) is 0.240. The minimum Gasteiger partial charge on any atom is -0.493 e. The highest BCUT2D eigenvalue weighted by atomic mass is 16.5. The molecule has 0 saturated carbocycles. The van der Waals surface area contributed by atoms with Crippen LogP contribution in [0, 0.1) is 0 Å². The number of aromatic nitrogens is 3. The molecule has 9 nitrogen and oxygen atoms in total. The summed E-state index contributed by atoms with van der Waals surface area (Å²) >= 11 is 0. The van der Waals surface area contributed by atoms with Crippen LogP contribution < -0.4 is 20.3 Å². The van der Waals surface area contributed by atoms with Crippen molar-refractivity contribution in [1.82, 2.24) is 14.1 Å². The molecule has 34 heavy (non-hydrogen) atoms. The van der Waals surface area contributed by atoms with Crippen molar-refractivity contribution in [2.24, 2.45) is 0 Å². The molecule has 1 amide bonds. The van der Waals surface area contributed by atoms with Gasteiger partial charge in [0.1, 0.15) is 17.6 Å². The first kappa shape index (κ1) is 23.1. The molecule has 4 rings (SSSR count). The van der Waals surface area contributed by atoms with E-state index in [1.807, 2.05) is 30.3 Å². The Kier molecular flexibility index (Phi) is 6.93. The van der Waals surface area contributed by atoms with E-state index in [0.29, 0.717) is 41.4 Å². The number of rotatable bonds is 9. The van der Waals surface area contributed by atoms with Crippen LogP contribution in [0.15, 0.2) is 65.8 Å². The average Bonchev–Trinajstić information content (AvgIpc) is 3.22. The molecule has 2 heterocycles. The lowest BCUT2D eigenvalue weighted by molar-refractivity contribution is -0.116. The Bertz CT molecular complexity index is 1360. The molecular formula is C25H26N4O5. The van der Waals surface area contributed by atoms with Gasteiger partial charge in [-0.15, -0.1) is 0 Å².